The lowest BCUT2D eigenvalue weighted by Gasteiger charge is -2.09. The lowest BCUT2D eigenvalue weighted by Crippen LogP contribution is -2.31. The highest BCUT2D eigenvalue weighted by molar-refractivity contribution is 6.19. The van der Waals surface area contributed by atoms with E-state index in [2.05, 4.69) is 10.1 Å². The highest BCUT2D eigenvalue weighted by atomic mass is 35.5. The molecule has 0 aliphatic heterocycles. The van der Waals surface area contributed by atoms with Gasteiger partial charge in [-0.1, -0.05) is 19.1 Å². The van der Waals surface area contributed by atoms with E-state index in [4.69, 9.17) is 11.6 Å². The van der Waals surface area contributed by atoms with Gasteiger partial charge in [0.1, 0.15) is 5.75 Å². The van der Waals surface area contributed by atoms with Crippen molar-refractivity contribution in [1.29, 1.82) is 0 Å². The highest BCUT2D eigenvalue weighted by Crippen LogP contribution is 2.14. The Balaban J connectivity index is 2.36. The lowest BCUT2D eigenvalue weighted by molar-refractivity contribution is -0.123. The van der Waals surface area contributed by atoms with E-state index < -0.39 is 6.61 Å². The average molecular weight is 292 g/mol. The zero-order chi connectivity index (χ0) is 14.3. The van der Waals surface area contributed by atoms with Crippen LogP contribution >= 0.6 is 11.6 Å². The van der Waals surface area contributed by atoms with Crippen LogP contribution in [-0.4, -0.2) is 24.9 Å². The maximum absolute atomic E-state index is 11.9. The Hall–Kier alpha value is -1.36. The highest BCUT2D eigenvalue weighted by Gasteiger charge is 2.10. The van der Waals surface area contributed by atoms with Gasteiger partial charge in [0.25, 0.3) is 0 Å². The Kier molecular flexibility index (Phi) is 6.56. The normalized spacial score (nSPS) is 12.3. The van der Waals surface area contributed by atoms with E-state index in [0.717, 1.165) is 5.56 Å². The molecule has 1 amide bonds. The molecule has 1 N–H and O–H groups in total. The first kappa shape index (κ1) is 15.7. The molecule has 0 aromatic heterocycles. The van der Waals surface area contributed by atoms with Gasteiger partial charge in [0.05, 0.1) is 0 Å². The second kappa shape index (κ2) is 7.94. The van der Waals surface area contributed by atoms with Crippen LogP contribution in [-0.2, 0) is 11.2 Å². The number of hydrogen-bond donors (Lipinski definition) is 1. The first-order valence-corrected chi connectivity index (χ1v) is 6.43. The molecule has 19 heavy (non-hydrogen) atoms. The summed E-state index contributed by atoms with van der Waals surface area (Å²) in [7, 11) is 0. The number of nitrogens with one attached hydrogen (secondary N) is 1. The molecular formula is C13H16ClF2NO2. The van der Waals surface area contributed by atoms with Gasteiger partial charge in [-0.05, 0) is 24.1 Å². The van der Waals surface area contributed by atoms with Gasteiger partial charge in [0.2, 0.25) is 5.91 Å². The zero-order valence-corrected chi connectivity index (χ0v) is 11.3. The Bertz CT molecular complexity index is 398. The summed E-state index contributed by atoms with van der Waals surface area (Å²) < 4.78 is 28.1. The van der Waals surface area contributed by atoms with Crippen molar-refractivity contribution in [3.63, 3.8) is 0 Å². The van der Waals surface area contributed by atoms with Crippen molar-refractivity contribution in [1.82, 2.24) is 5.32 Å². The maximum Gasteiger partial charge on any atom is 0.387 e. The van der Waals surface area contributed by atoms with Crippen LogP contribution in [0, 0.1) is 5.92 Å². The van der Waals surface area contributed by atoms with Crippen molar-refractivity contribution >= 4 is 17.5 Å². The van der Waals surface area contributed by atoms with Crippen LogP contribution in [0.15, 0.2) is 24.3 Å². The van der Waals surface area contributed by atoms with Gasteiger partial charge in [-0.15, -0.1) is 11.6 Å². The molecule has 0 aliphatic rings. The molecule has 106 valence electrons. The largest absolute Gasteiger partial charge is 0.435 e. The van der Waals surface area contributed by atoms with Gasteiger partial charge in [0.15, 0.2) is 0 Å². The number of hydrogen-bond acceptors (Lipinski definition) is 2. The molecule has 1 aromatic carbocycles. The van der Waals surface area contributed by atoms with E-state index in [1.807, 2.05) is 0 Å². The maximum atomic E-state index is 11.9. The molecule has 0 radical (unpaired) electrons. The third-order valence-electron chi connectivity index (χ3n) is 2.54. The van der Waals surface area contributed by atoms with Crippen LogP contribution in [0.1, 0.15) is 12.5 Å². The molecular weight excluding hydrogens is 276 g/mol. The quantitative estimate of drug-likeness (QED) is 0.785. The number of halogens is 3. The Morgan fingerprint density at radius 2 is 2.00 bits per heavy atom. The molecule has 0 fully saturated rings. The van der Waals surface area contributed by atoms with Crippen LogP contribution in [0.5, 0.6) is 5.75 Å². The molecule has 0 bridgehead atoms. The molecule has 0 saturated heterocycles. The Morgan fingerprint density at radius 3 is 2.53 bits per heavy atom. The number of amides is 1. The van der Waals surface area contributed by atoms with Crippen LogP contribution in [0.3, 0.4) is 0 Å². The lowest BCUT2D eigenvalue weighted by atomic mass is 10.1. The summed E-state index contributed by atoms with van der Waals surface area (Å²) in [6.45, 7) is -0.587. The number of alkyl halides is 3. The summed E-state index contributed by atoms with van der Waals surface area (Å²) in [4.78, 5) is 11.4. The molecule has 0 saturated carbocycles. The number of carbonyl (C=O) groups excluding carboxylic acids is 1. The van der Waals surface area contributed by atoms with Crippen molar-refractivity contribution in [2.24, 2.45) is 5.92 Å². The van der Waals surface area contributed by atoms with E-state index in [0.29, 0.717) is 13.0 Å². The predicted molar refractivity (Wildman–Crippen MR) is 69.7 cm³/mol. The second-order valence-electron chi connectivity index (χ2n) is 4.12. The number of carbonyl (C=O) groups is 1. The average Bonchev–Trinajstić information content (AvgIpc) is 2.39. The van der Waals surface area contributed by atoms with Crippen molar-refractivity contribution in [2.45, 2.75) is 20.0 Å². The SMILES string of the molecule is CC(CCl)C(=O)NCCc1ccc(OC(F)F)cc1. The molecule has 0 heterocycles. The smallest absolute Gasteiger partial charge is 0.387 e. The molecule has 1 rings (SSSR count). The van der Waals surface area contributed by atoms with Crippen LogP contribution < -0.4 is 10.1 Å². The fraction of sp³-hybridized carbons (Fsp3) is 0.462. The third kappa shape index (κ3) is 5.87. The minimum atomic E-state index is -2.82. The topological polar surface area (TPSA) is 38.3 Å². The van der Waals surface area contributed by atoms with Gasteiger partial charge in [-0.25, -0.2) is 0 Å². The predicted octanol–water partition coefficient (Wildman–Crippen LogP) is 2.82. The van der Waals surface area contributed by atoms with Crippen LogP contribution in [0.2, 0.25) is 0 Å². The van der Waals surface area contributed by atoms with E-state index >= 15 is 0 Å². The van der Waals surface area contributed by atoms with Gasteiger partial charge >= 0.3 is 6.61 Å². The van der Waals surface area contributed by atoms with Gasteiger partial charge in [-0.3, -0.25) is 4.79 Å². The van der Waals surface area contributed by atoms with Crippen molar-refractivity contribution in [2.75, 3.05) is 12.4 Å². The minimum Gasteiger partial charge on any atom is -0.435 e. The van der Waals surface area contributed by atoms with Crippen molar-refractivity contribution < 1.29 is 18.3 Å². The Morgan fingerprint density at radius 1 is 1.37 bits per heavy atom. The monoisotopic (exact) mass is 291 g/mol. The summed E-state index contributed by atoms with van der Waals surface area (Å²) in [6.07, 6.45) is 0.621. The van der Waals surface area contributed by atoms with Crippen molar-refractivity contribution in [3.8, 4) is 5.75 Å². The molecule has 0 spiro atoms. The summed E-state index contributed by atoms with van der Waals surface area (Å²) in [5.74, 6) is 0.0978. The summed E-state index contributed by atoms with van der Waals surface area (Å²) >= 11 is 5.57. The zero-order valence-electron chi connectivity index (χ0n) is 10.5. The Labute approximate surface area is 115 Å². The number of rotatable bonds is 7. The van der Waals surface area contributed by atoms with E-state index in [1.54, 1.807) is 19.1 Å². The summed E-state index contributed by atoms with van der Waals surface area (Å²) in [5.41, 5.74) is 0.931. The molecule has 0 aliphatic carbocycles. The van der Waals surface area contributed by atoms with E-state index in [9.17, 15) is 13.6 Å². The van der Waals surface area contributed by atoms with Crippen molar-refractivity contribution in [3.05, 3.63) is 29.8 Å². The first-order chi connectivity index (χ1) is 9.02. The molecule has 1 unspecified atom stereocenters. The van der Waals surface area contributed by atoms with E-state index in [1.165, 1.54) is 12.1 Å². The van der Waals surface area contributed by atoms with Crippen LogP contribution in [0.4, 0.5) is 8.78 Å². The fourth-order valence-corrected chi connectivity index (χ4v) is 1.55. The number of ether oxygens (including phenoxy) is 1. The first-order valence-electron chi connectivity index (χ1n) is 5.90. The molecule has 1 aromatic rings. The van der Waals surface area contributed by atoms with Gasteiger partial charge in [0, 0.05) is 18.3 Å². The second-order valence-corrected chi connectivity index (χ2v) is 4.43. The fourth-order valence-electron chi connectivity index (χ4n) is 1.41. The standard InChI is InChI=1S/C13H16ClF2NO2/c1-9(8-14)12(18)17-7-6-10-2-4-11(5-3-10)19-13(15)16/h2-5,9,13H,6-8H2,1H3,(H,17,18). The molecule has 3 nitrogen and oxygen atoms in total. The minimum absolute atomic E-state index is 0.0901. The summed E-state index contributed by atoms with van der Waals surface area (Å²) in [6, 6.07) is 6.33. The van der Waals surface area contributed by atoms with Crippen LogP contribution in [0.25, 0.3) is 0 Å². The third-order valence-corrected chi connectivity index (χ3v) is 3.00. The van der Waals surface area contributed by atoms with Gasteiger partial charge in [-0.2, -0.15) is 8.78 Å². The number of benzene rings is 1. The molecule has 6 heteroatoms. The van der Waals surface area contributed by atoms with E-state index in [-0.39, 0.29) is 23.5 Å². The molecule has 1 atom stereocenters. The summed E-state index contributed by atoms with van der Waals surface area (Å²) in [5, 5.41) is 2.75. The van der Waals surface area contributed by atoms with Gasteiger partial charge < -0.3 is 10.1 Å².